The zero-order valence-corrected chi connectivity index (χ0v) is 19.8. The van der Waals surface area contributed by atoms with Crippen molar-refractivity contribution in [1.29, 1.82) is 0 Å². The molecule has 1 N–H and O–H groups in total. The van der Waals surface area contributed by atoms with Crippen molar-refractivity contribution in [2.75, 3.05) is 11.4 Å². The summed E-state index contributed by atoms with van der Waals surface area (Å²) >= 11 is 0. The Morgan fingerprint density at radius 2 is 1.47 bits per heavy atom. The lowest BCUT2D eigenvalue weighted by atomic mass is 10.1. The highest BCUT2D eigenvalue weighted by Gasteiger charge is 2.44. The van der Waals surface area contributed by atoms with Gasteiger partial charge in [0.15, 0.2) is 6.10 Å². The molecule has 0 spiro atoms. The molecule has 1 fully saturated rings. The average molecular weight is 543 g/mol. The lowest BCUT2D eigenvalue weighted by Gasteiger charge is -2.29. The van der Waals surface area contributed by atoms with E-state index in [-0.39, 0.29) is 17.8 Å². The van der Waals surface area contributed by atoms with Gasteiger partial charge in [-0.1, -0.05) is 30.3 Å². The summed E-state index contributed by atoms with van der Waals surface area (Å²) in [6.07, 6.45) is -14.3. The molecule has 1 aliphatic carbocycles. The van der Waals surface area contributed by atoms with E-state index in [1.807, 2.05) is 18.2 Å². The van der Waals surface area contributed by atoms with Gasteiger partial charge in [-0.2, -0.15) is 30.7 Å². The lowest BCUT2D eigenvalue weighted by Crippen LogP contribution is -2.40. The highest BCUT2D eigenvalue weighted by atomic mass is 19.4. The maximum Gasteiger partial charge on any atom is 0.461 e. The van der Waals surface area contributed by atoms with E-state index in [1.54, 1.807) is 18.2 Å². The Morgan fingerprint density at radius 3 is 2.13 bits per heavy atom. The molecule has 0 bridgehead atoms. The van der Waals surface area contributed by atoms with Crippen LogP contribution in [0.2, 0.25) is 0 Å². The quantitative estimate of drug-likeness (QED) is 0.254. The molecule has 0 amide bonds. The SMILES string of the molecule is OC(CN(Cc1cccc(OC(F)(F)C(F)F)c1)c1cccc(Oc2cccc(C3CC3)c2)c1)C(F)(F)F. The van der Waals surface area contributed by atoms with Crippen molar-refractivity contribution in [2.45, 2.75) is 50.1 Å². The fourth-order valence-electron chi connectivity index (χ4n) is 3.83. The minimum Gasteiger partial charge on any atom is -0.457 e. The van der Waals surface area contributed by atoms with Gasteiger partial charge in [0, 0.05) is 18.3 Å². The van der Waals surface area contributed by atoms with Crippen LogP contribution in [0.5, 0.6) is 17.2 Å². The van der Waals surface area contributed by atoms with Crippen LogP contribution in [0.15, 0.2) is 72.8 Å². The highest BCUT2D eigenvalue weighted by molar-refractivity contribution is 5.52. The van der Waals surface area contributed by atoms with Gasteiger partial charge in [0.25, 0.3) is 0 Å². The summed E-state index contributed by atoms with van der Waals surface area (Å²) in [7, 11) is 0. The van der Waals surface area contributed by atoms with Gasteiger partial charge < -0.3 is 19.5 Å². The van der Waals surface area contributed by atoms with E-state index >= 15 is 0 Å². The van der Waals surface area contributed by atoms with Crippen molar-refractivity contribution in [3.8, 4) is 17.2 Å². The van der Waals surface area contributed by atoms with Crippen molar-refractivity contribution < 1.29 is 45.3 Å². The summed E-state index contributed by atoms with van der Waals surface area (Å²) in [5.74, 6) is 0.787. The van der Waals surface area contributed by atoms with Gasteiger partial charge in [0.05, 0.1) is 6.54 Å². The predicted octanol–water partition coefficient (Wildman–Crippen LogP) is 7.52. The maximum absolute atomic E-state index is 13.3. The zero-order chi connectivity index (χ0) is 27.5. The summed E-state index contributed by atoms with van der Waals surface area (Å²) in [5.41, 5.74) is 1.56. The second-order valence-corrected chi connectivity index (χ2v) is 9.00. The average Bonchev–Trinajstić information content (AvgIpc) is 3.69. The first-order chi connectivity index (χ1) is 17.9. The monoisotopic (exact) mass is 543 g/mol. The largest absolute Gasteiger partial charge is 0.461 e. The maximum atomic E-state index is 13.3. The number of alkyl halides is 7. The molecule has 204 valence electrons. The van der Waals surface area contributed by atoms with Crippen molar-refractivity contribution in [3.63, 3.8) is 0 Å². The summed E-state index contributed by atoms with van der Waals surface area (Å²) in [6.45, 7) is -1.17. The molecule has 0 saturated heterocycles. The van der Waals surface area contributed by atoms with Gasteiger partial charge in [-0.25, -0.2) is 0 Å². The summed E-state index contributed by atoms with van der Waals surface area (Å²) < 4.78 is 101. The molecule has 0 aliphatic heterocycles. The van der Waals surface area contributed by atoms with Crippen LogP contribution in [0.1, 0.15) is 29.9 Å². The molecule has 38 heavy (non-hydrogen) atoms. The highest BCUT2D eigenvalue weighted by Crippen LogP contribution is 2.41. The van der Waals surface area contributed by atoms with E-state index in [0.717, 1.165) is 30.5 Å². The van der Waals surface area contributed by atoms with E-state index in [9.17, 15) is 35.8 Å². The Kier molecular flexibility index (Phi) is 8.05. The van der Waals surface area contributed by atoms with Crippen LogP contribution in [0.3, 0.4) is 0 Å². The minimum atomic E-state index is -4.92. The van der Waals surface area contributed by atoms with Gasteiger partial charge in [0.2, 0.25) is 0 Å². The molecule has 4 nitrogen and oxygen atoms in total. The van der Waals surface area contributed by atoms with Crippen molar-refractivity contribution >= 4 is 5.69 Å². The van der Waals surface area contributed by atoms with E-state index in [0.29, 0.717) is 17.4 Å². The molecule has 0 heterocycles. The van der Waals surface area contributed by atoms with Crippen LogP contribution in [0, 0.1) is 0 Å². The van der Waals surface area contributed by atoms with Crippen molar-refractivity contribution in [2.24, 2.45) is 0 Å². The van der Waals surface area contributed by atoms with Gasteiger partial charge in [-0.3, -0.25) is 0 Å². The summed E-state index contributed by atoms with van der Waals surface area (Å²) in [5, 5.41) is 9.75. The predicted molar refractivity (Wildman–Crippen MR) is 126 cm³/mol. The Morgan fingerprint density at radius 1 is 0.842 bits per heavy atom. The number of hydrogen-bond donors (Lipinski definition) is 1. The Bertz CT molecular complexity index is 1230. The lowest BCUT2D eigenvalue weighted by molar-refractivity contribution is -0.253. The number of anilines is 1. The van der Waals surface area contributed by atoms with Gasteiger partial charge in [-0.15, -0.1) is 0 Å². The molecule has 3 aromatic carbocycles. The van der Waals surface area contributed by atoms with Crippen LogP contribution < -0.4 is 14.4 Å². The molecule has 0 aromatic heterocycles. The van der Waals surface area contributed by atoms with Crippen LogP contribution in [0.4, 0.5) is 36.4 Å². The number of aliphatic hydroxyl groups excluding tert-OH is 1. The smallest absolute Gasteiger partial charge is 0.457 e. The molecule has 0 radical (unpaired) electrons. The molecule has 1 unspecified atom stereocenters. The van der Waals surface area contributed by atoms with Gasteiger partial charge in [0.1, 0.15) is 17.2 Å². The Balaban J connectivity index is 1.57. The molecule has 1 saturated carbocycles. The van der Waals surface area contributed by atoms with E-state index in [2.05, 4.69) is 4.74 Å². The second kappa shape index (κ2) is 11.1. The number of halogens is 7. The van der Waals surface area contributed by atoms with Crippen LogP contribution in [-0.4, -0.2) is 36.5 Å². The Hall–Kier alpha value is -3.47. The fourth-order valence-corrected chi connectivity index (χ4v) is 3.83. The number of nitrogens with zero attached hydrogens (tertiary/aromatic N) is 1. The third-order valence-corrected chi connectivity index (χ3v) is 5.88. The first kappa shape index (κ1) is 27.6. The van der Waals surface area contributed by atoms with Crippen molar-refractivity contribution in [3.05, 3.63) is 83.9 Å². The van der Waals surface area contributed by atoms with E-state index in [4.69, 9.17) is 4.74 Å². The number of rotatable bonds is 11. The molecule has 4 rings (SSSR count). The van der Waals surface area contributed by atoms with Crippen LogP contribution in [-0.2, 0) is 6.54 Å². The summed E-state index contributed by atoms with van der Waals surface area (Å²) in [6, 6.07) is 18.4. The molecular formula is C27H24F7NO3. The normalized spacial score (nSPS) is 14.9. The number of aliphatic hydroxyl groups is 1. The summed E-state index contributed by atoms with van der Waals surface area (Å²) in [4.78, 5) is 1.18. The third kappa shape index (κ3) is 7.31. The van der Waals surface area contributed by atoms with E-state index < -0.39 is 37.1 Å². The van der Waals surface area contributed by atoms with Crippen molar-refractivity contribution in [1.82, 2.24) is 0 Å². The number of ether oxygens (including phenoxy) is 2. The van der Waals surface area contributed by atoms with Crippen LogP contribution >= 0.6 is 0 Å². The minimum absolute atomic E-state index is 0.186. The van der Waals surface area contributed by atoms with E-state index in [1.165, 1.54) is 29.2 Å². The first-order valence-corrected chi connectivity index (χ1v) is 11.7. The molecule has 3 aromatic rings. The molecular weight excluding hydrogens is 519 g/mol. The standard InChI is InChI=1S/C27H24F7NO3/c28-25(29)27(33,34)38-23-9-1-4-17(12-23)15-35(16-24(36)26(30,31)32)20-6-3-8-22(14-20)37-21-7-2-5-19(13-21)18-10-11-18/h1-9,12-14,18,24-25,36H,10-11,15-16H2. The number of benzene rings is 3. The first-order valence-electron chi connectivity index (χ1n) is 11.7. The second-order valence-electron chi connectivity index (χ2n) is 9.00. The molecule has 11 heteroatoms. The zero-order valence-electron chi connectivity index (χ0n) is 19.8. The third-order valence-electron chi connectivity index (χ3n) is 5.88. The topological polar surface area (TPSA) is 41.9 Å². The van der Waals surface area contributed by atoms with Gasteiger partial charge >= 0.3 is 18.7 Å². The Labute approximate surface area is 214 Å². The molecule has 1 aliphatic rings. The fraction of sp³-hybridized carbons (Fsp3) is 0.333. The van der Waals surface area contributed by atoms with Crippen LogP contribution in [0.25, 0.3) is 0 Å². The molecule has 1 atom stereocenters. The number of hydrogen-bond acceptors (Lipinski definition) is 4. The van der Waals surface area contributed by atoms with Gasteiger partial charge in [-0.05, 0) is 66.3 Å².